The molecule has 1 rings (SSSR count). The Kier molecular flexibility index (Phi) is 5.21. The molecule has 0 aromatic rings. The molecule has 2 unspecified atom stereocenters. The minimum Gasteiger partial charge on any atom is -0.393 e. The average molecular weight is 234 g/mol. The van der Waals surface area contributed by atoms with Crippen LogP contribution in [0.15, 0.2) is 0 Å². The van der Waals surface area contributed by atoms with Gasteiger partial charge in [-0.25, -0.2) is 0 Å². The number of rotatable bonds is 8. The molecule has 15 heavy (non-hydrogen) atoms. The molecule has 1 fully saturated rings. The Hall–Kier alpha value is 0.0569. The van der Waals surface area contributed by atoms with Gasteiger partial charge in [-0.05, 0) is 27.3 Å². The Balaban J connectivity index is 2.25. The molecule has 0 saturated carbocycles. The fourth-order valence-corrected chi connectivity index (χ4v) is 3.77. The second-order valence-corrected chi connectivity index (χ2v) is 7.28. The summed E-state index contributed by atoms with van der Waals surface area (Å²) in [5.41, 5.74) is 0. The second-order valence-electron chi connectivity index (χ2n) is 4.20. The monoisotopic (exact) mass is 234 g/mol. The lowest BCUT2D eigenvalue weighted by Gasteiger charge is -2.28. The van der Waals surface area contributed by atoms with E-state index in [4.69, 9.17) is 18.3 Å². The fourth-order valence-electron chi connectivity index (χ4n) is 1.45. The molecule has 0 bridgehead atoms. The summed E-state index contributed by atoms with van der Waals surface area (Å²) in [6.45, 7) is 10.2. The molecular formula is C10H22O4Si. The van der Waals surface area contributed by atoms with Crippen molar-refractivity contribution < 1.29 is 18.3 Å². The van der Waals surface area contributed by atoms with Crippen LogP contribution < -0.4 is 0 Å². The van der Waals surface area contributed by atoms with Gasteiger partial charge >= 0.3 is 8.56 Å². The summed E-state index contributed by atoms with van der Waals surface area (Å²) < 4.78 is 22.2. The van der Waals surface area contributed by atoms with E-state index in [0.717, 1.165) is 6.61 Å². The smallest absolute Gasteiger partial charge is 0.361 e. The molecule has 1 heterocycles. The molecule has 5 heteroatoms. The van der Waals surface area contributed by atoms with Gasteiger partial charge in [0.1, 0.15) is 6.10 Å². The summed E-state index contributed by atoms with van der Waals surface area (Å²) in [7, 11) is -2.13. The van der Waals surface area contributed by atoms with Crippen molar-refractivity contribution in [3.8, 4) is 0 Å². The third kappa shape index (κ3) is 5.63. The van der Waals surface area contributed by atoms with Crippen LogP contribution in [-0.4, -0.2) is 46.8 Å². The van der Waals surface area contributed by atoms with Crippen molar-refractivity contribution in [2.24, 2.45) is 0 Å². The Bertz CT molecular complexity index is 184. The summed E-state index contributed by atoms with van der Waals surface area (Å²) in [6, 6.07) is 0. The van der Waals surface area contributed by atoms with E-state index in [1.165, 1.54) is 0 Å². The molecule has 0 N–H and O–H groups in total. The molecule has 1 aliphatic rings. The van der Waals surface area contributed by atoms with Crippen LogP contribution in [0.5, 0.6) is 0 Å². The van der Waals surface area contributed by atoms with E-state index in [1.807, 2.05) is 27.3 Å². The Morgan fingerprint density at radius 2 is 2.13 bits per heavy atom. The highest BCUT2D eigenvalue weighted by atomic mass is 28.4. The zero-order valence-electron chi connectivity index (χ0n) is 10.1. The minimum atomic E-state index is -2.13. The first-order chi connectivity index (χ1) is 7.06. The zero-order valence-corrected chi connectivity index (χ0v) is 11.1. The van der Waals surface area contributed by atoms with Gasteiger partial charge in [-0.15, -0.1) is 0 Å². The van der Waals surface area contributed by atoms with E-state index in [-0.39, 0.29) is 6.10 Å². The predicted octanol–water partition coefficient (Wildman–Crippen LogP) is 1.47. The third-order valence-electron chi connectivity index (χ3n) is 2.01. The molecule has 0 spiro atoms. The van der Waals surface area contributed by atoms with Gasteiger partial charge in [0.2, 0.25) is 0 Å². The molecular weight excluding hydrogens is 212 g/mol. The van der Waals surface area contributed by atoms with Gasteiger partial charge in [-0.3, -0.25) is 0 Å². The van der Waals surface area contributed by atoms with E-state index in [1.54, 1.807) is 0 Å². The van der Waals surface area contributed by atoms with E-state index in [0.29, 0.717) is 25.5 Å². The fraction of sp³-hybridized carbons (Fsp3) is 1.00. The van der Waals surface area contributed by atoms with Crippen molar-refractivity contribution >= 4 is 8.56 Å². The lowest BCUT2D eigenvalue weighted by atomic mass is 10.5. The standard InChI is InChI=1S/C10H22O4Si/c1-5-13-15(4,14-9(2)3)8-11-6-10-7-12-10/h9-10H,5-8H2,1-4H3. The van der Waals surface area contributed by atoms with Crippen LogP contribution in [0.25, 0.3) is 0 Å². The van der Waals surface area contributed by atoms with Crippen molar-refractivity contribution in [2.75, 3.05) is 26.1 Å². The number of epoxide rings is 1. The summed E-state index contributed by atoms with van der Waals surface area (Å²) in [5.74, 6) is 0. The molecule has 1 aliphatic heterocycles. The number of hydrogen-bond donors (Lipinski definition) is 0. The molecule has 0 aromatic carbocycles. The maximum absolute atomic E-state index is 5.83. The van der Waals surface area contributed by atoms with Gasteiger partial charge in [0, 0.05) is 12.7 Å². The Labute approximate surface area is 93.1 Å². The van der Waals surface area contributed by atoms with Crippen LogP contribution in [0.2, 0.25) is 6.55 Å². The maximum atomic E-state index is 5.83. The Morgan fingerprint density at radius 1 is 1.47 bits per heavy atom. The third-order valence-corrected chi connectivity index (χ3v) is 4.60. The van der Waals surface area contributed by atoms with E-state index >= 15 is 0 Å². The van der Waals surface area contributed by atoms with Crippen molar-refractivity contribution in [1.29, 1.82) is 0 Å². The summed E-state index contributed by atoms with van der Waals surface area (Å²) in [4.78, 5) is 0. The highest BCUT2D eigenvalue weighted by Crippen LogP contribution is 2.13. The quantitative estimate of drug-likeness (QED) is 0.471. The largest absolute Gasteiger partial charge is 0.393 e. The zero-order chi connectivity index (χ0) is 11.3. The molecule has 1 saturated heterocycles. The lowest BCUT2D eigenvalue weighted by molar-refractivity contribution is 0.0812. The van der Waals surface area contributed by atoms with Crippen LogP contribution in [0.4, 0.5) is 0 Å². The first-order valence-corrected chi connectivity index (χ1v) is 8.09. The number of ether oxygens (including phenoxy) is 2. The lowest BCUT2D eigenvalue weighted by Crippen LogP contribution is -2.46. The first kappa shape index (κ1) is 13.1. The molecule has 90 valence electrons. The highest BCUT2D eigenvalue weighted by molar-refractivity contribution is 6.66. The van der Waals surface area contributed by atoms with Gasteiger partial charge in [-0.1, -0.05) is 0 Å². The SMILES string of the molecule is CCO[Si](C)(COCC1CO1)OC(C)C. The van der Waals surface area contributed by atoms with Crippen LogP contribution in [0.1, 0.15) is 20.8 Å². The molecule has 4 nitrogen and oxygen atoms in total. The second kappa shape index (κ2) is 5.96. The summed E-state index contributed by atoms with van der Waals surface area (Å²) in [6.07, 6.45) is 1.08. The van der Waals surface area contributed by atoms with Crippen molar-refractivity contribution in [3.05, 3.63) is 0 Å². The van der Waals surface area contributed by atoms with E-state index < -0.39 is 8.56 Å². The van der Waals surface area contributed by atoms with Gasteiger partial charge in [0.25, 0.3) is 0 Å². The van der Waals surface area contributed by atoms with Gasteiger partial charge in [0.15, 0.2) is 0 Å². The van der Waals surface area contributed by atoms with E-state index in [9.17, 15) is 0 Å². The minimum absolute atomic E-state index is 0.189. The maximum Gasteiger partial charge on any atom is 0.361 e. The number of hydrogen-bond acceptors (Lipinski definition) is 4. The van der Waals surface area contributed by atoms with Crippen molar-refractivity contribution in [3.63, 3.8) is 0 Å². The van der Waals surface area contributed by atoms with Crippen molar-refractivity contribution in [2.45, 2.75) is 39.5 Å². The van der Waals surface area contributed by atoms with Crippen LogP contribution in [0.3, 0.4) is 0 Å². The van der Waals surface area contributed by atoms with Gasteiger partial charge in [0.05, 0.1) is 19.4 Å². The van der Waals surface area contributed by atoms with Crippen LogP contribution >= 0.6 is 0 Å². The molecule has 2 atom stereocenters. The molecule has 0 aromatic heterocycles. The average Bonchev–Trinajstić information content (AvgIpc) is 2.86. The van der Waals surface area contributed by atoms with Crippen LogP contribution in [-0.2, 0) is 18.3 Å². The Morgan fingerprint density at radius 3 is 2.60 bits per heavy atom. The highest BCUT2D eigenvalue weighted by Gasteiger charge is 2.34. The molecule has 0 aliphatic carbocycles. The van der Waals surface area contributed by atoms with Gasteiger partial charge in [-0.2, -0.15) is 0 Å². The summed E-state index contributed by atoms with van der Waals surface area (Å²) >= 11 is 0. The van der Waals surface area contributed by atoms with Crippen LogP contribution in [0, 0.1) is 0 Å². The molecule has 0 radical (unpaired) electrons. The normalized spacial score (nSPS) is 24.2. The van der Waals surface area contributed by atoms with Gasteiger partial charge < -0.3 is 18.3 Å². The summed E-state index contributed by atoms with van der Waals surface area (Å²) in [5, 5.41) is 0. The first-order valence-electron chi connectivity index (χ1n) is 5.57. The predicted molar refractivity (Wildman–Crippen MR) is 60.0 cm³/mol. The topological polar surface area (TPSA) is 40.2 Å². The van der Waals surface area contributed by atoms with E-state index in [2.05, 4.69) is 0 Å². The molecule has 0 amide bonds. The van der Waals surface area contributed by atoms with Crippen molar-refractivity contribution in [1.82, 2.24) is 0 Å².